The molecule has 0 unspecified atom stereocenters. The standard InChI is InChI=1S/C22H25BN4O4S/c1-13-7-8-16(25-12-28)15(9-13)10-14(2)19-26-18(27-29-19)17-11-24-20(32-17)23-30-21(3,4)22(5,6)31-23/h7-12H,1-6H3,(H,25,28)/b14-10+. The molecule has 1 amide bonds. The molecule has 0 radical (unpaired) electrons. The van der Waals surface area contributed by atoms with Gasteiger partial charge in [-0.25, -0.2) is 0 Å². The maximum Gasteiger partial charge on any atom is 0.525 e. The Hall–Kier alpha value is -2.82. The summed E-state index contributed by atoms with van der Waals surface area (Å²) in [5.41, 5.74) is 2.55. The predicted octanol–water partition coefficient (Wildman–Crippen LogP) is 3.93. The van der Waals surface area contributed by atoms with Gasteiger partial charge in [0.25, 0.3) is 5.89 Å². The van der Waals surface area contributed by atoms with Crippen LogP contribution in [0.3, 0.4) is 0 Å². The quantitative estimate of drug-likeness (QED) is 0.447. The van der Waals surface area contributed by atoms with Crippen LogP contribution in [-0.4, -0.2) is 39.9 Å². The van der Waals surface area contributed by atoms with Crippen LogP contribution in [0.15, 0.2) is 28.9 Å². The molecule has 10 heteroatoms. The van der Waals surface area contributed by atoms with Crippen molar-refractivity contribution >= 4 is 47.1 Å². The number of thiazole rings is 1. The van der Waals surface area contributed by atoms with Gasteiger partial charge in [0.1, 0.15) is 4.91 Å². The first-order valence-corrected chi connectivity index (χ1v) is 11.1. The number of nitrogens with zero attached hydrogens (tertiary/aromatic N) is 3. The van der Waals surface area contributed by atoms with Crippen molar-refractivity contribution in [3.05, 3.63) is 41.4 Å². The minimum atomic E-state index is -0.531. The fourth-order valence-electron chi connectivity index (χ4n) is 3.22. The van der Waals surface area contributed by atoms with Crippen molar-refractivity contribution < 1.29 is 18.6 Å². The van der Waals surface area contributed by atoms with Crippen LogP contribution >= 0.6 is 11.3 Å². The molecule has 1 N–H and O–H groups in total. The Morgan fingerprint density at radius 1 is 1.19 bits per heavy atom. The summed E-state index contributed by atoms with van der Waals surface area (Å²) < 4.78 is 17.6. The Labute approximate surface area is 191 Å². The van der Waals surface area contributed by atoms with Crippen molar-refractivity contribution in [2.45, 2.75) is 52.7 Å². The van der Waals surface area contributed by atoms with Crippen molar-refractivity contribution in [3.8, 4) is 10.7 Å². The zero-order valence-electron chi connectivity index (χ0n) is 18.9. The van der Waals surface area contributed by atoms with Crippen LogP contribution in [0, 0.1) is 6.92 Å². The number of hydrogen-bond acceptors (Lipinski definition) is 8. The monoisotopic (exact) mass is 452 g/mol. The summed E-state index contributed by atoms with van der Waals surface area (Å²) in [4.78, 5) is 21.4. The lowest BCUT2D eigenvalue weighted by Gasteiger charge is -2.32. The molecule has 4 rings (SSSR count). The third-order valence-corrected chi connectivity index (χ3v) is 6.77. The minimum absolute atomic E-state index is 0.393. The lowest BCUT2D eigenvalue weighted by Crippen LogP contribution is -2.41. The molecular formula is C22H25BN4O4S. The van der Waals surface area contributed by atoms with Crippen LogP contribution in [0.25, 0.3) is 22.4 Å². The van der Waals surface area contributed by atoms with Crippen LogP contribution in [0.1, 0.15) is 51.6 Å². The number of allylic oxidation sites excluding steroid dienone is 1. The molecule has 3 aromatic rings. The van der Waals surface area contributed by atoms with Crippen molar-refractivity contribution in [1.82, 2.24) is 15.1 Å². The second kappa shape index (κ2) is 8.27. The summed E-state index contributed by atoms with van der Waals surface area (Å²) in [5.74, 6) is 0.840. The largest absolute Gasteiger partial charge is 0.525 e. The molecule has 166 valence electrons. The van der Waals surface area contributed by atoms with Crippen LogP contribution in [-0.2, 0) is 14.1 Å². The molecule has 1 aliphatic rings. The van der Waals surface area contributed by atoms with E-state index in [1.165, 1.54) is 11.3 Å². The number of benzene rings is 1. The fourth-order valence-corrected chi connectivity index (χ4v) is 4.02. The number of hydrogen-bond donors (Lipinski definition) is 1. The lowest BCUT2D eigenvalue weighted by atomic mass is 9.90. The first-order valence-electron chi connectivity index (χ1n) is 10.2. The van der Waals surface area contributed by atoms with Gasteiger partial charge in [0.15, 0.2) is 0 Å². The van der Waals surface area contributed by atoms with Gasteiger partial charge in [-0.2, -0.15) is 4.98 Å². The number of nitrogens with one attached hydrogen (secondary N) is 1. The SMILES string of the molecule is C/C(=C\c1cc(C)ccc1NC=O)c1nc(-c2cnc(B3OC(C)(C)C(C)(C)O3)s2)no1. The number of carbonyl (C=O) groups is 1. The average molecular weight is 452 g/mol. The van der Waals surface area contributed by atoms with Gasteiger partial charge < -0.3 is 19.1 Å². The normalized spacial score (nSPS) is 17.6. The zero-order valence-corrected chi connectivity index (χ0v) is 19.7. The third kappa shape index (κ3) is 4.26. The Bertz CT molecular complexity index is 1170. The maximum absolute atomic E-state index is 10.9. The molecule has 8 nitrogen and oxygen atoms in total. The highest BCUT2D eigenvalue weighted by Crippen LogP contribution is 2.37. The molecule has 3 heterocycles. The summed E-state index contributed by atoms with van der Waals surface area (Å²) in [6.07, 6.45) is 4.26. The Morgan fingerprint density at radius 2 is 1.91 bits per heavy atom. The molecule has 0 aliphatic carbocycles. The fraction of sp³-hybridized carbons (Fsp3) is 0.364. The van der Waals surface area contributed by atoms with E-state index < -0.39 is 18.3 Å². The molecular weight excluding hydrogens is 427 g/mol. The topological polar surface area (TPSA) is 99.4 Å². The van der Waals surface area contributed by atoms with E-state index >= 15 is 0 Å². The Kier molecular flexibility index (Phi) is 5.78. The number of anilines is 1. The third-order valence-electron chi connectivity index (χ3n) is 5.76. The van der Waals surface area contributed by atoms with E-state index in [0.29, 0.717) is 28.7 Å². The Balaban J connectivity index is 1.56. The first kappa shape index (κ1) is 22.4. The van der Waals surface area contributed by atoms with E-state index in [1.807, 2.05) is 65.8 Å². The predicted molar refractivity (Wildman–Crippen MR) is 126 cm³/mol. The highest BCUT2D eigenvalue weighted by atomic mass is 32.1. The second-order valence-corrected chi connectivity index (χ2v) is 9.82. The van der Waals surface area contributed by atoms with E-state index in [4.69, 9.17) is 13.8 Å². The summed E-state index contributed by atoms with van der Waals surface area (Å²) in [5, 5.41) is 6.82. The van der Waals surface area contributed by atoms with E-state index in [1.54, 1.807) is 6.20 Å². The highest BCUT2D eigenvalue weighted by Gasteiger charge is 2.53. The van der Waals surface area contributed by atoms with Crippen molar-refractivity contribution in [2.75, 3.05) is 5.32 Å². The second-order valence-electron chi connectivity index (χ2n) is 8.75. The molecule has 0 saturated carbocycles. The molecule has 1 aliphatic heterocycles. The van der Waals surface area contributed by atoms with Gasteiger partial charge in [-0.15, -0.1) is 11.3 Å². The van der Waals surface area contributed by atoms with E-state index in [2.05, 4.69) is 20.4 Å². The zero-order chi connectivity index (χ0) is 23.1. The van der Waals surface area contributed by atoms with Crippen molar-refractivity contribution in [1.29, 1.82) is 0 Å². The average Bonchev–Trinajstić information content (AvgIpc) is 3.42. The maximum atomic E-state index is 10.9. The van der Waals surface area contributed by atoms with Gasteiger partial charge in [0.2, 0.25) is 12.2 Å². The van der Waals surface area contributed by atoms with Gasteiger partial charge in [-0.3, -0.25) is 9.78 Å². The number of carbonyl (C=O) groups excluding carboxylic acids is 1. The lowest BCUT2D eigenvalue weighted by molar-refractivity contribution is -0.105. The van der Waals surface area contributed by atoms with Crippen LogP contribution in [0.2, 0.25) is 0 Å². The molecule has 0 atom stereocenters. The van der Waals surface area contributed by atoms with Gasteiger partial charge in [-0.1, -0.05) is 16.8 Å². The Morgan fingerprint density at radius 3 is 2.59 bits per heavy atom. The summed E-state index contributed by atoms with van der Waals surface area (Å²) in [6, 6.07) is 5.77. The number of aryl methyl sites for hydroxylation is 1. The van der Waals surface area contributed by atoms with Crippen molar-refractivity contribution in [2.24, 2.45) is 0 Å². The van der Waals surface area contributed by atoms with Crippen LogP contribution < -0.4 is 10.2 Å². The van der Waals surface area contributed by atoms with Crippen LogP contribution in [0.5, 0.6) is 0 Å². The molecule has 0 spiro atoms. The van der Waals surface area contributed by atoms with Gasteiger partial charge in [-0.05, 0) is 65.3 Å². The van der Waals surface area contributed by atoms with E-state index in [-0.39, 0.29) is 0 Å². The summed E-state index contributed by atoms with van der Waals surface area (Å²) in [6.45, 7) is 11.9. The minimum Gasteiger partial charge on any atom is -0.398 e. The van der Waals surface area contributed by atoms with Gasteiger partial charge in [0, 0.05) is 17.5 Å². The van der Waals surface area contributed by atoms with Crippen LogP contribution in [0.4, 0.5) is 5.69 Å². The highest BCUT2D eigenvalue weighted by molar-refractivity contribution is 7.24. The van der Waals surface area contributed by atoms with Crippen molar-refractivity contribution in [3.63, 3.8) is 0 Å². The molecule has 32 heavy (non-hydrogen) atoms. The van der Waals surface area contributed by atoms with E-state index in [0.717, 1.165) is 21.6 Å². The smallest absolute Gasteiger partial charge is 0.398 e. The molecule has 0 bridgehead atoms. The van der Waals surface area contributed by atoms with E-state index in [9.17, 15) is 4.79 Å². The molecule has 1 saturated heterocycles. The number of amides is 1. The van der Waals surface area contributed by atoms with Gasteiger partial charge in [0.05, 0.1) is 16.1 Å². The summed E-state index contributed by atoms with van der Waals surface area (Å²) >= 11 is 1.41. The molecule has 1 fully saturated rings. The first-order chi connectivity index (χ1) is 15.1. The van der Waals surface area contributed by atoms with Gasteiger partial charge >= 0.3 is 7.12 Å². The molecule has 1 aromatic carbocycles. The summed E-state index contributed by atoms with van der Waals surface area (Å²) in [7, 11) is -0.531. The number of rotatable bonds is 6. The molecule has 2 aromatic heterocycles. The number of aromatic nitrogens is 3.